The third-order valence-electron chi connectivity index (χ3n) is 4.50. The molecule has 1 heterocycles. The van der Waals surface area contributed by atoms with Crippen molar-refractivity contribution in [2.45, 2.75) is 12.8 Å². The number of rotatable bonds is 3. The second-order valence-electron chi connectivity index (χ2n) is 6.30. The van der Waals surface area contributed by atoms with E-state index in [0.29, 0.717) is 57.3 Å². The second kappa shape index (κ2) is 8.70. The zero-order valence-electron chi connectivity index (χ0n) is 14.1. The maximum Gasteiger partial charge on any atom is 0.255 e. The van der Waals surface area contributed by atoms with Crippen LogP contribution in [0, 0.1) is 5.92 Å². The first-order valence-corrected chi connectivity index (χ1v) is 9.86. The Labute approximate surface area is 177 Å². The Morgan fingerprint density at radius 3 is 2.19 bits per heavy atom. The first-order chi connectivity index (χ1) is 12.8. The van der Waals surface area contributed by atoms with E-state index in [1.54, 1.807) is 41.3 Å². The van der Waals surface area contributed by atoms with E-state index < -0.39 is 0 Å². The van der Waals surface area contributed by atoms with Gasteiger partial charge in [-0.25, -0.2) is 0 Å². The van der Waals surface area contributed by atoms with Gasteiger partial charge in [0, 0.05) is 29.1 Å². The number of benzene rings is 2. The third-order valence-corrected chi connectivity index (χ3v) is 5.61. The van der Waals surface area contributed by atoms with E-state index in [1.165, 1.54) is 0 Å². The normalized spacial score (nSPS) is 14.9. The van der Waals surface area contributed by atoms with Crippen molar-refractivity contribution in [3.8, 4) is 0 Å². The van der Waals surface area contributed by atoms with Crippen molar-refractivity contribution in [1.29, 1.82) is 0 Å². The molecule has 0 aromatic heterocycles. The molecule has 2 amide bonds. The highest BCUT2D eigenvalue weighted by molar-refractivity contribution is 6.37. The summed E-state index contributed by atoms with van der Waals surface area (Å²) < 4.78 is 0. The van der Waals surface area contributed by atoms with Gasteiger partial charge in [-0.3, -0.25) is 9.59 Å². The highest BCUT2D eigenvalue weighted by Crippen LogP contribution is 2.28. The number of piperidine rings is 1. The zero-order valence-corrected chi connectivity index (χ0v) is 17.2. The van der Waals surface area contributed by atoms with Gasteiger partial charge in [0.05, 0.1) is 21.3 Å². The minimum Gasteiger partial charge on any atom is -0.339 e. The maximum absolute atomic E-state index is 12.6. The van der Waals surface area contributed by atoms with Gasteiger partial charge in [0.15, 0.2) is 0 Å². The minimum absolute atomic E-state index is 0.129. The summed E-state index contributed by atoms with van der Waals surface area (Å²) in [4.78, 5) is 26.9. The molecule has 142 valence electrons. The van der Waals surface area contributed by atoms with Crippen molar-refractivity contribution in [3.63, 3.8) is 0 Å². The molecule has 0 radical (unpaired) electrons. The monoisotopic (exact) mass is 444 g/mol. The van der Waals surface area contributed by atoms with Gasteiger partial charge < -0.3 is 10.2 Å². The second-order valence-corrected chi connectivity index (χ2v) is 7.99. The quantitative estimate of drug-likeness (QED) is 0.649. The lowest BCUT2D eigenvalue weighted by Crippen LogP contribution is -2.41. The molecule has 1 aliphatic rings. The van der Waals surface area contributed by atoms with Crippen LogP contribution >= 0.6 is 46.4 Å². The highest BCUT2D eigenvalue weighted by atomic mass is 35.5. The molecule has 0 saturated carbocycles. The number of hydrogen-bond acceptors (Lipinski definition) is 2. The van der Waals surface area contributed by atoms with E-state index in [4.69, 9.17) is 46.4 Å². The molecule has 0 spiro atoms. The number of anilines is 1. The minimum atomic E-state index is -0.204. The van der Waals surface area contributed by atoms with E-state index in [1.807, 2.05) is 0 Å². The summed E-state index contributed by atoms with van der Waals surface area (Å²) in [6.07, 6.45) is 1.11. The number of likely N-dealkylation sites (tertiary alicyclic amines) is 1. The van der Waals surface area contributed by atoms with Crippen LogP contribution < -0.4 is 5.32 Å². The molecule has 2 aromatic carbocycles. The van der Waals surface area contributed by atoms with Crippen molar-refractivity contribution in [2.24, 2.45) is 5.92 Å². The number of carbonyl (C=O) groups excluding carboxylic acids is 2. The van der Waals surface area contributed by atoms with Gasteiger partial charge in [0.1, 0.15) is 0 Å². The third kappa shape index (κ3) is 4.88. The smallest absolute Gasteiger partial charge is 0.255 e. The maximum atomic E-state index is 12.6. The van der Waals surface area contributed by atoms with Crippen molar-refractivity contribution in [1.82, 2.24) is 4.90 Å². The molecule has 8 heteroatoms. The largest absolute Gasteiger partial charge is 0.339 e. The summed E-state index contributed by atoms with van der Waals surface area (Å²) >= 11 is 24.0. The SMILES string of the molecule is O=C(Nc1cc(Cl)ccc1Cl)C1CCN(C(=O)c2ccc(Cl)cc2Cl)CC1. The Hall–Kier alpha value is -1.46. The fraction of sp³-hybridized carbons (Fsp3) is 0.263. The molecular weight excluding hydrogens is 430 g/mol. The van der Waals surface area contributed by atoms with Gasteiger partial charge in [-0.1, -0.05) is 46.4 Å². The summed E-state index contributed by atoms with van der Waals surface area (Å²) in [7, 11) is 0. The molecule has 1 fully saturated rings. The average molecular weight is 446 g/mol. The van der Waals surface area contributed by atoms with Crippen molar-refractivity contribution in [3.05, 3.63) is 62.1 Å². The highest BCUT2D eigenvalue weighted by Gasteiger charge is 2.29. The summed E-state index contributed by atoms with van der Waals surface area (Å²) in [6.45, 7) is 0.943. The molecular formula is C19H16Cl4N2O2. The molecule has 0 bridgehead atoms. The fourth-order valence-corrected chi connectivity index (χ4v) is 3.83. The van der Waals surface area contributed by atoms with Crippen LogP contribution in [-0.2, 0) is 4.79 Å². The summed E-state index contributed by atoms with van der Waals surface area (Å²) in [5, 5.41) is 4.54. The van der Waals surface area contributed by atoms with Crippen molar-refractivity contribution in [2.75, 3.05) is 18.4 Å². The Kier molecular flexibility index (Phi) is 6.53. The first-order valence-electron chi connectivity index (χ1n) is 8.35. The van der Waals surface area contributed by atoms with E-state index in [0.717, 1.165) is 0 Å². The van der Waals surface area contributed by atoms with Crippen LogP contribution in [0.4, 0.5) is 5.69 Å². The molecule has 27 heavy (non-hydrogen) atoms. The molecule has 0 unspecified atom stereocenters. The Morgan fingerprint density at radius 1 is 0.889 bits per heavy atom. The first kappa shape index (κ1) is 20.3. The van der Waals surface area contributed by atoms with Crippen LogP contribution in [0.1, 0.15) is 23.2 Å². The van der Waals surface area contributed by atoms with Crippen LogP contribution in [0.5, 0.6) is 0 Å². The van der Waals surface area contributed by atoms with Crippen LogP contribution in [0.3, 0.4) is 0 Å². The van der Waals surface area contributed by atoms with Crippen molar-refractivity contribution < 1.29 is 9.59 Å². The number of nitrogens with zero attached hydrogens (tertiary/aromatic N) is 1. The van der Waals surface area contributed by atoms with E-state index in [9.17, 15) is 9.59 Å². The number of nitrogens with one attached hydrogen (secondary N) is 1. The van der Waals surface area contributed by atoms with Crippen LogP contribution in [0.2, 0.25) is 20.1 Å². The van der Waals surface area contributed by atoms with Crippen LogP contribution in [0.15, 0.2) is 36.4 Å². The van der Waals surface area contributed by atoms with E-state index >= 15 is 0 Å². The lowest BCUT2D eigenvalue weighted by atomic mass is 9.95. The van der Waals surface area contributed by atoms with Gasteiger partial charge in [0.25, 0.3) is 5.91 Å². The van der Waals surface area contributed by atoms with Gasteiger partial charge in [0.2, 0.25) is 5.91 Å². The predicted octanol–water partition coefficient (Wildman–Crippen LogP) is 5.79. The molecule has 0 aliphatic carbocycles. The van der Waals surface area contributed by atoms with Gasteiger partial charge in [-0.05, 0) is 49.2 Å². The Morgan fingerprint density at radius 2 is 1.52 bits per heavy atom. The lowest BCUT2D eigenvalue weighted by molar-refractivity contribution is -0.121. The molecule has 0 atom stereocenters. The lowest BCUT2D eigenvalue weighted by Gasteiger charge is -2.31. The van der Waals surface area contributed by atoms with E-state index in [2.05, 4.69) is 5.32 Å². The number of carbonyl (C=O) groups is 2. The molecule has 3 rings (SSSR count). The molecule has 1 N–H and O–H groups in total. The fourth-order valence-electron chi connectivity index (χ4n) is 3.01. The van der Waals surface area contributed by atoms with Crippen LogP contribution in [-0.4, -0.2) is 29.8 Å². The topological polar surface area (TPSA) is 49.4 Å². The predicted molar refractivity (Wildman–Crippen MR) is 110 cm³/mol. The van der Waals surface area contributed by atoms with Gasteiger partial charge in [-0.15, -0.1) is 0 Å². The number of halogens is 4. The van der Waals surface area contributed by atoms with E-state index in [-0.39, 0.29) is 17.7 Å². The van der Waals surface area contributed by atoms with Crippen molar-refractivity contribution >= 4 is 63.9 Å². The zero-order chi connectivity index (χ0) is 19.6. The summed E-state index contributed by atoms with van der Waals surface area (Å²) in [5.74, 6) is -0.492. The van der Waals surface area contributed by atoms with Gasteiger partial charge >= 0.3 is 0 Å². The summed E-state index contributed by atoms with van der Waals surface area (Å²) in [6, 6.07) is 9.71. The number of amides is 2. The molecule has 4 nitrogen and oxygen atoms in total. The molecule has 1 aliphatic heterocycles. The standard InChI is InChI=1S/C19H16Cl4N2O2/c20-12-1-3-14(16(23)9-12)19(27)25-7-5-11(6-8-25)18(26)24-17-10-13(21)2-4-15(17)22/h1-4,9-11H,5-8H2,(H,24,26). The summed E-state index contributed by atoms with van der Waals surface area (Å²) in [5.41, 5.74) is 0.898. The Balaban J connectivity index is 1.60. The molecule has 1 saturated heterocycles. The van der Waals surface area contributed by atoms with Gasteiger partial charge in [-0.2, -0.15) is 0 Å². The number of hydrogen-bond donors (Lipinski definition) is 1. The average Bonchev–Trinajstić information content (AvgIpc) is 2.64. The van der Waals surface area contributed by atoms with Crippen LogP contribution in [0.25, 0.3) is 0 Å². The Bertz CT molecular complexity index is 880. The molecule has 2 aromatic rings.